The molecule has 3 aliphatic heterocycles. The van der Waals surface area contributed by atoms with Gasteiger partial charge in [-0.05, 0) is 44.2 Å². The Morgan fingerprint density at radius 3 is 2.93 bits per heavy atom. The van der Waals surface area contributed by atoms with Gasteiger partial charge in [-0.15, -0.1) is 11.3 Å². The summed E-state index contributed by atoms with van der Waals surface area (Å²) in [5.74, 6) is 0.227. The maximum Gasteiger partial charge on any atom is 0.239 e. The Kier molecular flexibility index (Phi) is 6.85. The zero-order chi connectivity index (χ0) is 20.2. The van der Waals surface area contributed by atoms with E-state index in [1.54, 1.807) is 11.3 Å². The number of thiophene rings is 1. The van der Waals surface area contributed by atoms with Gasteiger partial charge in [0.2, 0.25) is 11.8 Å². The maximum atomic E-state index is 12.9. The van der Waals surface area contributed by atoms with Crippen LogP contribution in [0.25, 0.3) is 0 Å². The van der Waals surface area contributed by atoms with Gasteiger partial charge in [0.1, 0.15) is 6.04 Å². The van der Waals surface area contributed by atoms with Crippen LogP contribution in [0.5, 0.6) is 0 Å². The van der Waals surface area contributed by atoms with E-state index in [-0.39, 0.29) is 29.9 Å². The molecule has 3 aliphatic rings. The lowest BCUT2D eigenvalue weighted by Gasteiger charge is -2.37. The largest absolute Gasteiger partial charge is 0.381 e. The van der Waals surface area contributed by atoms with Crippen molar-refractivity contribution >= 4 is 23.2 Å². The second-order valence-electron chi connectivity index (χ2n) is 8.34. The molecule has 2 amide bonds. The summed E-state index contributed by atoms with van der Waals surface area (Å²) in [7, 11) is 2.12. The van der Waals surface area contributed by atoms with Crippen LogP contribution in [-0.4, -0.2) is 79.1 Å². The highest BCUT2D eigenvalue weighted by Crippen LogP contribution is 2.31. The van der Waals surface area contributed by atoms with Crippen LogP contribution in [-0.2, 0) is 20.9 Å². The molecular formula is C21H32N4O3S. The number of hydrogen-bond acceptors (Lipinski definition) is 6. The van der Waals surface area contributed by atoms with Crippen molar-refractivity contribution in [3.05, 3.63) is 22.4 Å². The van der Waals surface area contributed by atoms with E-state index < -0.39 is 0 Å². The first kappa shape index (κ1) is 20.8. The third-order valence-electron chi connectivity index (χ3n) is 6.69. The zero-order valence-electron chi connectivity index (χ0n) is 17.1. The third kappa shape index (κ3) is 4.82. The predicted molar refractivity (Wildman–Crippen MR) is 113 cm³/mol. The van der Waals surface area contributed by atoms with E-state index >= 15 is 0 Å². The van der Waals surface area contributed by atoms with Gasteiger partial charge in [-0.3, -0.25) is 19.4 Å². The average Bonchev–Trinajstić information content (AvgIpc) is 3.40. The van der Waals surface area contributed by atoms with Crippen LogP contribution in [0, 0.1) is 0 Å². The highest BCUT2D eigenvalue weighted by atomic mass is 32.1. The van der Waals surface area contributed by atoms with Crippen molar-refractivity contribution in [3.63, 3.8) is 0 Å². The minimum atomic E-state index is -0.0826. The molecule has 1 aromatic rings. The number of carbonyl (C=O) groups is 2. The Hall–Kier alpha value is -1.48. The van der Waals surface area contributed by atoms with Gasteiger partial charge in [0, 0.05) is 55.7 Å². The predicted octanol–water partition coefficient (Wildman–Crippen LogP) is 1.20. The SMILES string of the molecule is CN1[C@@H](CCC(=O)NCc2cccs2)CNC(=O)[C@@H]2[C@H]1CCN2C1CCOCC1. The summed E-state index contributed by atoms with van der Waals surface area (Å²) in [5.41, 5.74) is 0. The molecule has 3 atom stereocenters. The van der Waals surface area contributed by atoms with Gasteiger partial charge in [-0.1, -0.05) is 6.07 Å². The zero-order valence-corrected chi connectivity index (χ0v) is 18.0. The summed E-state index contributed by atoms with van der Waals surface area (Å²) in [6, 6.07) is 4.80. The van der Waals surface area contributed by atoms with Crippen molar-refractivity contribution in [2.45, 2.75) is 62.8 Å². The Morgan fingerprint density at radius 2 is 2.17 bits per heavy atom. The molecule has 4 rings (SSSR count). The van der Waals surface area contributed by atoms with Crippen LogP contribution in [0.2, 0.25) is 0 Å². The fourth-order valence-corrected chi connectivity index (χ4v) is 5.65. The smallest absolute Gasteiger partial charge is 0.239 e. The topological polar surface area (TPSA) is 73.9 Å². The van der Waals surface area contributed by atoms with E-state index in [9.17, 15) is 9.59 Å². The van der Waals surface area contributed by atoms with Crippen molar-refractivity contribution in [2.24, 2.45) is 0 Å². The minimum Gasteiger partial charge on any atom is -0.381 e. The van der Waals surface area contributed by atoms with Gasteiger partial charge in [-0.2, -0.15) is 0 Å². The number of ether oxygens (including phenoxy) is 1. The van der Waals surface area contributed by atoms with Crippen LogP contribution < -0.4 is 10.6 Å². The molecule has 3 fully saturated rings. The molecule has 0 unspecified atom stereocenters. The molecular weight excluding hydrogens is 388 g/mol. The van der Waals surface area contributed by atoms with E-state index in [4.69, 9.17) is 4.74 Å². The number of nitrogens with one attached hydrogen (secondary N) is 2. The van der Waals surface area contributed by atoms with Gasteiger partial charge in [0.05, 0.1) is 6.54 Å². The van der Waals surface area contributed by atoms with Crippen LogP contribution in [0.4, 0.5) is 0 Å². The fraction of sp³-hybridized carbons (Fsp3) is 0.714. The molecule has 3 saturated heterocycles. The molecule has 29 heavy (non-hydrogen) atoms. The van der Waals surface area contributed by atoms with Crippen LogP contribution in [0.1, 0.15) is 37.0 Å². The van der Waals surface area contributed by atoms with Crippen molar-refractivity contribution in [3.8, 4) is 0 Å². The van der Waals surface area contributed by atoms with Crippen LogP contribution in [0.3, 0.4) is 0 Å². The first-order chi connectivity index (χ1) is 14.1. The number of amides is 2. The van der Waals surface area contributed by atoms with Crippen molar-refractivity contribution in [1.29, 1.82) is 0 Å². The molecule has 0 aromatic carbocycles. The van der Waals surface area contributed by atoms with E-state index in [0.717, 1.165) is 45.4 Å². The number of hydrogen-bond donors (Lipinski definition) is 2. The van der Waals surface area contributed by atoms with Crippen molar-refractivity contribution in [1.82, 2.24) is 20.4 Å². The van der Waals surface area contributed by atoms with Crippen molar-refractivity contribution < 1.29 is 14.3 Å². The molecule has 0 radical (unpaired) electrons. The van der Waals surface area contributed by atoms with Gasteiger partial charge in [0.15, 0.2) is 0 Å². The lowest BCUT2D eigenvalue weighted by molar-refractivity contribution is -0.127. The molecule has 0 aliphatic carbocycles. The second-order valence-corrected chi connectivity index (χ2v) is 9.37. The van der Waals surface area contributed by atoms with E-state index in [1.807, 2.05) is 17.5 Å². The highest BCUT2D eigenvalue weighted by Gasteiger charge is 2.47. The Bertz CT molecular complexity index is 692. The number of likely N-dealkylation sites (N-methyl/N-ethyl adjacent to an activating group) is 1. The van der Waals surface area contributed by atoms with Crippen LogP contribution >= 0.6 is 11.3 Å². The normalized spacial score (nSPS) is 29.3. The van der Waals surface area contributed by atoms with E-state index in [1.165, 1.54) is 4.88 Å². The molecule has 8 heteroatoms. The molecule has 1 aromatic heterocycles. The summed E-state index contributed by atoms with van der Waals surface area (Å²) in [5, 5.41) is 8.19. The molecule has 7 nitrogen and oxygen atoms in total. The first-order valence-electron chi connectivity index (χ1n) is 10.8. The van der Waals surface area contributed by atoms with Gasteiger partial charge in [-0.25, -0.2) is 0 Å². The summed E-state index contributed by atoms with van der Waals surface area (Å²) in [6.07, 6.45) is 4.26. The summed E-state index contributed by atoms with van der Waals surface area (Å²) < 4.78 is 5.51. The van der Waals surface area contributed by atoms with Crippen LogP contribution in [0.15, 0.2) is 17.5 Å². The molecule has 0 spiro atoms. The standard InChI is InChI=1S/C21H32N4O3S/c1-24-16(4-5-19(26)22-14-17-3-2-12-29-17)13-23-21(27)20-18(24)6-9-25(20)15-7-10-28-11-8-15/h2-3,12,15-16,18,20H,4-11,13-14H2,1H3,(H,22,26)(H,23,27)/t16-,18+,20-/m0/s1. The van der Waals surface area contributed by atoms with Gasteiger partial charge >= 0.3 is 0 Å². The lowest BCUT2D eigenvalue weighted by Crippen LogP contribution is -2.53. The molecule has 0 bridgehead atoms. The molecule has 0 saturated carbocycles. The monoisotopic (exact) mass is 420 g/mol. The minimum absolute atomic E-state index is 0.0779. The summed E-state index contributed by atoms with van der Waals surface area (Å²) in [4.78, 5) is 31.1. The third-order valence-corrected chi connectivity index (χ3v) is 7.57. The number of carbonyl (C=O) groups excluding carboxylic acids is 2. The van der Waals surface area contributed by atoms with Gasteiger partial charge in [0.25, 0.3) is 0 Å². The second kappa shape index (κ2) is 9.55. The first-order valence-corrected chi connectivity index (χ1v) is 11.6. The summed E-state index contributed by atoms with van der Waals surface area (Å²) in [6.45, 7) is 3.75. The average molecular weight is 421 g/mol. The Morgan fingerprint density at radius 1 is 1.34 bits per heavy atom. The molecule has 4 heterocycles. The number of likely N-dealkylation sites (tertiary alicyclic amines) is 1. The maximum absolute atomic E-state index is 12.9. The Labute approximate surface area is 176 Å². The van der Waals surface area contributed by atoms with Gasteiger partial charge < -0.3 is 15.4 Å². The fourth-order valence-electron chi connectivity index (χ4n) is 5.01. The number of fused-ring (bicyclic) bond motifs is 1. The quantitative estimate of drug-likeness (QED) is 0.723. The molecule has 2 N–H and O–H groups in total. The number of rotatable bonds is 6. The number of nitrogens with zero attached hydrogens (tertiary/aromatic N) is 2. The lowest BCUT2D eigenvalue weighted by atomic mass is 10.0. The summed E-state index contributed by atoms with van der Waals surface area (Å²) >= 11 is 1.65. The van der Waals surface area contributed by atoms with E-state index in [0.29, 0.717) is 25.6 Å². The van der Waals surface area contributed by atoms with E-state index in [2.05, 4.69) is 27.5 Å². The van der Waals surface area contributed by atoms with Crippen molar-refractivity contribution in [2.75, 3.05) is 33.4 Å². The molecule has 160 valence electrons. The Balaban J connectivity index is 1.32. The highest BCUT2D eigenvalue weighted by molar-refractivity contribution is 7.09.